The largest absolute Gasteiger partial charge is 0.336 e. The number of sulfonamides is 1. The number of hydrogen-bond donors (Lipinski definition) is 0. The number of rotatable bonds is 5. The molecule has 1 aromatic rings. The Morgan fingerprint density at radius 1 is 0.926 bits per heavy atom. The lowest BCUT2D eigenvalue weighted by Gasteiger charge is -2.34. The van der Waals surface area contributed by atoms with E-state index in [2.05, 4.69) is 16.7 Å². The molecule has 2 fully saturated rings. The van der Waals surface area contributed by atoms with E-state index in [-0.39, 0.29) is 11.7 Å². The monoisotopic (exact) mass is 394 g/mol. The van der Waals surface area contributed by atoms with Gasteiger partial charge in [0.1, 0.15) is 0 Å². The van der Waals surface area contributed by atoms with Crippen molar-refractivity contribution in [2.45, 2.75) is 12.7 Å². The van der Waals surface area contributed by atoms with Crippen LogP contribution in [0.3, 0.4) is 0 Å². The lowest BCUT2D eigenvalue weighted by molar-refractivity contribution is 0.0643. The smallest absolute Gasteiger partial charge is 0.253 e. The first-order chi connectivity index (χ1) is 12.9. The van der Waals surface area contributed by atoms with Gasteiger partial charge in [0.2, 0.25) is 10.0 Å². The van der Waals surface area contributed by atoms with E-state index in [0.717, 1.165) is 51.4 Å². The summed E-state index contributed by atoms with van der Waals surface area (Å²) >= 11 is 0. The second-order valence-electron chi connectivity index (χ2n) is 7.38. The van der Waals surface area contributed by atoms with Crippen LogP contribution in [-0.4, -0.2) is 99.3 Å². The molecule has 2 aliphatic heterocycles. The molecular weight excluding hydrogens is 364 g/mol. The number of likely N-dealkylation sites (N-methyl/N-ethyl adjacent to an activating group) is 2. The Hall–Kier alpha value is -1.48. The predicted octanol–water partition coefficient (Wildman–Crippen LogP) is 0.542. The van der Waals surface area contributed by atoms with Crippen LogP contribution in [0.4, 0.5) is 0 Å². The molecule has 8 heteroatoms. The highest BCUT2D eigenvalue weighted by Gasteiger charge is 2.26. The van der Waals surface area contributed by atoms with Gasteiger partial charge in [0.05, 0.1) is 5.75 Å². The lowest BCUT2D eigenvalue weighted by Crippen LogP contribution is -2.48. The van der Waals surface area contributed by atoms with E-state index in [1.165, 1.54) is 0 Å². The number of piperazine rings is 2. The average molecular weight is 395 g/mol. The van der Waals surface area contributed by atoms with Gasteiger partial charge in [0, 0.05) is 57.9 Å². The zero-order valence-corrected chi connectivity index (χ0v) is 17.1. The van der Waals surface area contributed by atoms with Crippen molar-refractivity contribution in [2.24, 2.45) is 0 Å². The molecule has 150 valence electrons. The molecule has 2 heterocycles. The highest BCUT2D eigenvalue weighted by atomic mass is 32.2. The third-order valence-electron chi connectivity index (χ3n) is 5.51. The van der Waals surface area contributed by atoms with E-state index < -0.39 is 10.0 Å². The molecule has 0 bridgehead atoms. The molecule has 0 atom stereocenters. The maximum Gasteiger partial charge on any atom is 0.253 e. The number of nitrogens with zero attached hydrogens (tertiary/aromatic N) is 4. The molecule has 0 radical (unpaired) electrons. The second-order valence-corrected chi connectivity index (χ2v) is 9.35. The van der Waals surface area contributed by atoms with E-state index in [4.69, 9.17) is 0 Å². The summed E-state index contributed by atoms with van der Waals surface area (Å²) in [5.74, 6) is 0.0135. The fraction of sp³-hybridized carbons (Fsp3) is 0.632. The first-order valence-corrected chi connectivity index (χ1v) is 11.3. The zero-order chi connectivity index (χ0) is 19.4. The Morgan fingerprint density at radius 3 is 2.07 bits per heavy atom. The van der Waals surface area contributed by atoms with Crippen LogP contribution in [0.15, 0.2) is 24.3 Å². The summed E-state index contributed by atoms with van der Waals surface area (Å²) in [6.45, 7) is 9.05. The minimum absolute atomic E-state index is 0.0135. The molecule has 0 unspecified atom stereocenters. The van der Waals surface area contributed by atoms with Crippen LogP contribution in [0.1, 0.15) is 22.8 Å². The molecule has 27 heavy (non-hydrogen) atoms. The molecule has 0 aromatic heterocycles. The third kappa shape index (κ3) is 5.07. The maximum absolute atomic E-state index is 12.6. The molecule has 0 saturated carbocycles. The summed E-state index contributed by atoms with van der Waals surface area (Å²) in [5.41, 5.74) is 1.35. The van der Waals surface area contributed by atoms with Crippen LogP contribution < -0.4 is 0 Å². The Balaban J connectivity index is 1.59. The minimum atomic E-state index is -3.32. The van der Waals surface area contributed by atoms with E-state index in [9.17, 15) is 13.2 Å². The highest BCUT2D eigenvalue weighted by Crippen LogP contribution is 2.15. The van der Waals surface area contributed by atoms with Crippen molar-refractivity contribution < 1.29 is 13.2 Å². The molecule has 0 aliphatic carbocycles. The summed E-state index contributed by atoms with van der Waals surface area (Å²) in [4.78, 5) is 19.0. The number of amides is 1. The molecule has 0 N–H and O–H groups in total. The van der Waals surface area contributed by atoms with Crippen LogP contribution >= 0.6 is 0 Å². The molecule has 1 aromatic carbocycles. The van der Waals surface area contributed by atoms with Crippen LogP contribution in [0.25, 0.3) is 0 Å². The van der Waals surface area contributed by atoms with E-state index in [0.29, 0.717) is 18.7 Å². The number of carbonyl (C=O) groups is 1. The van der Waals surface area contributed by atoms with Crippen molar-refractivity contribution in [2.75, 3.05) is 66.0 Å². The summed E-state index contributed by atoms with van der Waals surface area (Å²) in [7, 11) is -1.31. The summed E-state index contributed by atoms with van der Waals surface area (Å²) in [5, 5.41) is 0. The SMILES string of the molecule is CCN1CCN(C(=O)c2ccc(CS(=O)(=O)N3CCN(C)CC3)cc2)CC1. The van der Waals surface area contributed by atoms with Crippen LogP contribution in [0, 0.1) is 0 Å². The van der Waals surface area contributed by atoms with Gasteiger partial charge in [0.25, 0.3) is 5.91 Å². The number of benzene rings is 1. The predicted molar refractivity (Wildman–Crippen MR) is 106 cm³/mol. The summed E-state index contributed by atoms with van der Waals surface area (Å²) in [6.07, 6.45) is 0. The van der Waals surface area contributed by atoms with Crippen LogP contribution in [0.5, 0.6) is 0 Å². The Kier molecular flexibility index (Phi) is 6.52. The molecule has 2 aliphatic rings. The van der Waals surface area contributed by atoms with Crippen molar-refractivity contribution in [3.05, 3.63) is 35.4 Å². The molecular formula is C19H30N4O3S. The zero-order valence-electron chi connectivity index (χ0n) is 16.3. The number of carbonyl (C=O) groups excluding carboxylic acids is 1. The van der Waals surface area contributed by atoms with Crippen molar-refractivity contribution in [1.82, 2.24) is 19.0 Å². The fourth-order valence-corrected chi connectivity index (χ4v) is 5.08. The van der Waals surface area contributed by atoms with Gasteiger partial charge in [0.15, 0.2) is 0 Å². The fourth-order valence-electron chi connectivity index (χ4n) is 3.56. The number of hydrogen-bond acceptors (Lipinski definition) is 5. The van der Waals surface area contributed by atoms with Crippen molar-refractivity contribution in [1.29, 1.82) is 0 Å². The van der Waals surface area contributed by atoms with Gasteiger partial charge in [-0.3, -0.25) is 4.79 Å². The quantitative estimate of drug-likeness (QED) is 0.730. The van der Waals surface area contributed by atoms with Crippen molar-refractivity contribution >= 4 is 15.9 Å². The average Bonchev–Trinajstić information content (AvgIpc) is 2.68. The lowest BCUT2D eigenvalue weighted by atomic mass is 10.1. The Morgan fingerprint density at radius 2 is 1.52 bits per heavy atom. The molecule has 7 nitrogen and oxygen atoms in total. The molecule has 3 rings (SSSR count). The van der Waals surface area contributed by atoms with Crippen LogP contribution in [-0.2, 0) is 15.8 Å². The van der Waals surface area contributed by atoms with E-state index in [1.807, 2.05) is 11.9 Å². The molecule has 0 spiro atoms. The van der Waals surface area contributed by atoms with Crippen LogP contribution in [0.2, 0.25) is 0 Å². The maximum atomic E-state index is 12.6. The molecule has 2 saturated heterocycles. The first-order valence-electron chi connectivity index (χ1n) is 9.66. The van der Waals surface area contributed by atoms with Gasteiger partial charge in [-0.05, 0) is 31.3 Å². The second kappa shape index (κ2) is 8.68. The Bertz CT molecular complexity index is 735. The van der Waals surface area contributed by atoms with Crippen molar-refractivity contribution in [3.8, 4) is 0 Å². The normalized spacial score (nSPS) is 20.7. The summed E-state index contributed by atoms with van der Waals surface area (Å²) in [6, 6.07) is 7.04. The third-order valence-corrected chi connectivity index (χ3v) is 7.36. The van der Waals surface area contributed by atoms with Gasteiger partial charge in [-0.1, -0.05) is 19.1 Å². The molecule has 1 amide bonds. The highest BCUT2D eigenvalue weighted by molar-refractivity contribution is 7.88. The minimum Gasteiger partial charge on any atom is -0.336 e. The van der Waals surface area contributed by atoms with Gasteiger partial charge in [-0.2, -0.15) is 4.31 Å². The van der Waals surface area contributed by atoms with Gasteiger partial charge in [-0.25, -0.2) is 8.42 Å². The van der Waals surface area contributed by atoms with Crippen molar-refractivity contribution in [3.63, 3.8) is 0 Å². The van der Waals surface area contributed by atoms with Gasteiger partial charge in [-0.15, -0.1) is 0 Å². The summed E-state index contributed by atoms with van der Waals surface area (Å²) < 4.78 is 26.8. The van der Waals surface area contributed by atoms with E-state index >= 15 is 0 Å². The topological polar surface area (TPSA) is 64.2 Å². The van der Waals surface area contributed by atoms with Gasteiger partial charge >= 0.3 is 0 Å². The standard InChI is InChI=1S/C19H30N4O3S/c1-3-21-10-12-22(13-11-21)19(24)18-6-4-17(5-7-18)16-27(25,26)23-14-8-20(2)9-15-23/h4-7H,3,8-16H2,1-2H3. The van der Waals surface area contributed by atoms with E-state index in [1.54, 1.807) is 28.6 Å². The van der Waals surface area contributed by atoms with Gasteiger partial charge < -0.3 is 14.7 Å². The Labute approximate surface area is 162 Å². The first kappa shape index (κ1) is 20.3.